The van der Waals surface area contributed by atoms with Crippen LogP contribution in [-0.4, -0.2) is 34.2 Å². The molecule has 3 aromatic heterocycles. The van der Waals surface area contributed by atoms with E-state index in [2.05, 4.69) is 65.9 Å². The van der Waals surface area contributed by atoms with Crippen molar-refractivity contribution in [1.29, 1.82) is 0 Å². The van der Waals surface area contributed by atoms with Gasteiger partial charge >= 0.3 is 0 Å². The van der Waals surface area contributed by atoms with Gasteiger partial charge in [0.05, 0.1) is 46.1 Å². The maximum absolute atomic E-state index is 6.23. The van der Waals surface area contributed by atoms with E-state index in [4.69, 9.17) is 23.9 Å². The van der Waals surface area contributed by atoms with Gasteiger partial charge in [-0.05, 0) is 61.9 Å². The molecule has 4 aliphatic rings. The largest absolute Gasteiger partial charge is 0.469 e. The van der Waals surface area contributed by atoms with Crippen molar-refractivity contribution in [3.8, 4) is 11.3 Å². The van der Waals surface area contributed by atoms with Crippen LogP contribution in [0.1, 0.15) is 54.0 Å². The zero-order chi connectivity index (χ0) is 26.5. The minimum atomic E-state index is -0.551. The molecule has 0 amide bonds. The number of aromatic nitrogens is 2. The quantitative estimate of drug-likeness (QED) is 0.292. The second-order valence-corrected chi connectivity index (χ2v) is 11.7. The van der Waals surface area contributed by atoms with Gasteiger partial charge in [0.2, 0.25) is 0 Å². The summed E-state index contributed by atoms with van der Waals surface area (Å²) < 4.78 is 12.2. The van der Waals surface area contributed by atoms with Gasteiger partial charge in [-0.3, -0.25) is 10.3 Å². The summed E-state index contributed by atoms with van der Waals surface area (Å²) in [5.41, 5.74) is 10.1. The van der Waals surface area contributed by atoms with Gasteiger partial charge in [-0.25, -0.2) is 9.97 Å². The Bertz CT molecular complexity index is 1790. The van der Waals surface area contributed by atoms with Crippen LogP contribution in [0.3, 0.4) is 0 Å². The highest BCUT2D eigenvalue weighted by Crippen LogP contribution is 2.70. The van der Waals surface area contributed by atoms with Gasteiger partial charge in [0.25, 0.3) is 0 Å². The van der Waals surface area contributed by atoms with E-state index >= 15 is 0 Å². The smallest absolute Gasteiger partial charge is 0.128 e. The summed E-state index contributed by atoms with van der Waals surface area (Å²) >= 11 is 0. The Labute approximate surface area is 231 Å². The van der Waals surface area contributed by atoms with Crippen molar-refractivity contribution in [2.45, 2.75) is 36.8 Å². The van der Waals surface area contributed by atoms with Crippen molar-refractivity contribution in [3.05, 3.63) is 108 Å². The summed E-state index contributed by atoms with van der Waals surface area (Å²) in [5.74, 6) is 2.26. The number of benzene rings is 2. The molecule has 5 aromatic rings. The normalized spacial score (nSPS) is 30.4. The maximum atomic E-state index is 6.23. The Kier molecular flexibility index (Phi) is 4.47. The molecule has 0 radical (unpaired) electrons. The molecule has 2 fully saturated rings. The van der Waals surface area contributed by atoms with Crippen molar-refractivity contribution in [3.63, 3.8) is 0 Å². The fraction of sp³-hybridized carbons (Fsp3) is 0.303. The number of nitrogens with one attached hydrogen (secondary N) is 1. The topological polar surface area (TPSA) is 79.7 Å². The van der Waals surface area contributed by atoms with Crippen LogP contribution in [0, 0.1) is 11.3 Å². The Morgan fingerprint density at radius 3 is 2.42 bits per heavy atom. The highest BCUT2D eigenvalue weighted by atomic mass is 16.3. The molecule has 5 heterocycles. The molecule has 2 unspecified atom stereocenters. The molecule has 198 valence electrons. The highest BCUT2D eigenvalue weighted by molar-refractivity contribution is 6.00. The fourth-order valence-corrected chi connectivity index (χ4v) is 8.77. The minimum absolute atomic E-state index is 0.0150. The minimum Gasteiger partial charge on any atom is -0.469 e. The first-order valence-electron chi connectivity index (χ1n) is 14.2. The van der Waals surface area contributed by atoms with E-state index in [0.717, 1.165) is 59.7 Å². The van der Waals surface area contributed by atoms with Crippen LogP contribution >= 0.6 is 0 Å². The monoisotopic (exact) mass is 527 g/mol. The number of hydrazone groups is 1. The SMILES string of the molecule is CN1C[C@@H](c2ccco2)[C@@]2(CCCC3C2=NNC3c2ccco2)[C@@]12c1ccccc1-c1nc3ccccc3nc12. The Morgan fingerprint density at radius 2 is 1.62 bits per heavy atom. The lowest BCUT2D eigenvalue weighted by Crippen LogP contribution is -2.57. The zero-order valence-electron chi connectivity index (χ0n) is 22.2. The average molecular weight is 528 g/mol. The van der Waals surface area contributed by atoms with Crippen LogP contribution in [-0.2, 0) is 5.54 Å². The van der Waals surface area contributed by atoms with Crippen LogP contribution in [0.5, 0.6) is 0 Å². The number of rotatable bonds is 2. The van der Waals surface area contributed by atoms with Crippen molar-refractivity contribution < 1.29 is 8.83 Å². The molecule has 5 atom stereocenters. The number of hydrogen-bond donors (Lipinski definition) is 1. The molecule has 7 heteroatoms. The maximum Gasteiger partial charge on any atom is 0.128 e. The van der Waals surface area contributed by atoms with Crippen LogP contribution in [0.2, 0.25) is 0 Å². The van der Waals surface area contributed by atoms with Crippen LogP contribution in [0.15, 0.2) is 99.3 Å². The second-order valence-electron chi connectivity index (χ2n) is 11.7. The highest BCUT2D eigenvalue weighted by Gasteiger charge is 2.73. The molecule has 2 aliphatic heterocycles. The van der Waals surface area contributed by atoms with Gasteiger partial charge in [-0.15, -0.1) is 0 Å². The predicted molar refractivity (Wildman–Crippen MR) is 152 cm³/mol. The molecular formula is C33H29N5O2. The van der Waals surface area contributed by atoms with Gasteiger partial charge in [-0.2, -0.15) is 5.10 Å². The summed E-state index contributed by atoms with van der Waals surface area (Å²) in [6, 6.07) is 25.2. The van der Waals surface area contributed by atoms with Gasteiger partial charge in [0, 0.05) is 23.9 Å². The molecular weight excluding hydrogens is 498 g/mol. The second kappa shape index (κ2) is 7.92. The molecule has 9 rings (SSSR count). The van der Waals surface area contributed by atoms with E-state index < -0.39 is 11.0 Å². The van der Waals surface area contributed by atoms with E-state index in [1.807, 2.05) is 24.3 Å². The third kappa shape index (κ3) is 2.57. The number of nitrogens with zero attached hydrogens (tertiary/aromatic N) is 4. The van der Waals surface area contributed by atoms with Crippen molar-refractivity contribution in [2.75, 3.05) is 13.6 Å². The zero-order valence-corrected chi connectivity index (χ0v) is 22.2. The lowest BCUT2D eigenvalue weighted by atomic mass is 9.52. The molecule has 1 N–H and O–H groups in total. The van der Waals surface area contributed by atoms with Gasteiger partial charge < -0.3 is 8.83 Å². The third-order valence-electron chi connectivity index (χ3n) is 10.1. The van der Waals surface area contributed by atoms with Gasteiger partial charge in [0.1, 0.15) is 23.1 Å². The molecule has 7 nitrogen and oxygen atoms in total. The van der Waals surface area contributed by atoms with E-state index in [1.54, 1.807) is 12.5 Å². The number of para-hydroxylation sites is 2. The fourth-order valence-electron chi connectivity index (χ4n) is 8.77. The first-order chi connectivity index (χ1) is 19.7. The molecule has 2 spiro atoms. The molecule has 0 bridgehead atoms. The number of furan rings is 2. The molecule has 2 aliphatic carbocycles. The standard InChI is InChI=1S/C33H29N5O2/c1-38-19-23(26-14-7-17-39-26)32(16-6-10-21-28(36-37-30(21)32)27-15-8-18-40-27)33(38)22-11-3-2-9-20(22)29-31(33)35-25-13-5-4-12-24(25)34-29/h2-5,7-9,11-15,17-18,21,23,28,36H,6,10,16,19H2,1H3/t21?,23-,28?,32+,33-/m0/s1. The van der Waals surface area contributed by atoms with E-state index in [0.29, 0.717) is 0 Å². The first-order valence-corrected chi connectivity index (χ1v) is 14.2. The molecule has 1 saturated carbocycles. The van der Waals surface area contributed by atoms with Gasteiger partial charge in [-0.1, -0.05) is 42.8 Å². The summed E-state index contributed by atoms with van der Waals surface area (Å²) in [5, 5.41) is 5.24. The Hall–Kier alpha value is -4.23. The first kappa shape index (κ1) is 22.6. The van der Waals surface area contributed by atoms with Crippen molar-refractivity contribution >= 4 is 16.7 Å². The van der Waals surface area contributed by atoms with E-state index in [1.165, 1.54) is 16.8 Å². The van der Waals surface area contributed by atoms with Gasteiger partial charge in [0.15, 0.2) is 0 Å². The van der Waals surface area contributed by atoms with E-state index in [-0.39, 0.29) is 17.9 Å². The number of likely N-dealkylation sites (N-methyl/N-ethyl adjacent to an activating group) is 1. The molecule has 1 saturated heterocycles. The Balaban J connectivity index is 1.37. The van der Waals surface area contributed by atoms with E-state index in [9.17, 15) is 0 Å². The Morgan fingerprint density at radius 1 is 0.875 bits per heavy atom. The van der Waals surface area contributed by atoms with Crippen molar-refractivity contribution in [1.82, 2.24) is 20.3 Å². The number of fused-ring (bicyclic) bond motifs is 9. The predicted octanol–water partition coefficient (Wildman–Crippen LogP) is 6.26. The van der Waals surface area contributed by atoms with Crippen molar-refractivity contribution in [2.24, 2.45) is 16.4 Å². The number of hydrogen-bond acceptors (Lipinski definition) is 7. The molecule has 40 heavy (non-hydrogen) atoms. The summed E-state index contributed by atoms with van der Waals surface area (Å²) in [6.07, 6.45) is 6.68. The summed E-state index contributed by atoms with van der Waals surface area (Å²) in [7, 11) is 2.25. The summed E-state index contributed by atoms with van der Waals surface area (Å²) in [6.45, 7) is 0.826. The average Bonchev–Trinajstić information content (AvgIpc) is 3.82. The van der Waals surface area contributed by atoms with Crippen LogP contribution in [0.4, 0.5) is 0 Å². The lowest BCUT2D eigenvalue weighted by Gasteiger charge is -2.52. The number of likely N-dealkylation sites (tertiary alicyclic amines) is 1. The lowest BCUT2D eigenvalue weighted by molar-refractivity contribution is 0.108. The molecule has 2 aromatic carbocycles. The third-order valence-corrected chi connectivity index (χ3v) is 10.1. The van der Waals surface area contributed by atoms with Crippen LogP contribution < -0.4 is 5.43 Å². The van der Waals surface area contributed by atoms with Crippen LogP contribution in [0.25, 0.3) is 22.3 Å². The summed E-state index contributed by atoms with van der Waals surface area (Å²) in [4.78, 5) is 13.3.